The lowest BCUT2D eigenvalue weighted by Gasteiger charge is -2.34. The van der Waals surface area contributed by atoms with Crippen molar-refractivity contribution in [2.45, 2.75) is 25.2 Å². The minimum Gasteiger partial charge on any atom is -0.452 e. The molecule has 134 valence electrons. The topological polar surface area (TPSA) is 75.7 Å². The van der Waals surface area contributed by atoms with Crippen LogP contribution in [0.15, 0.2) is 23.1 Å². The molecule has 2 atom stereocenters. The number of likely N-dealkylation sites (tertiary alicyclic amines) is 1. The highest BCUT2D eigenvalue weighted by molar-refractivity contribution is 8.00. The SMILES string of the molecule is CC1CC(C)CN(C(=O)COC(=O)c2ccc3c(c2)NC(=O)CS3)C1. The van der Waals surface area contributed by atoms with Gasteiger partial charge in [0, 0.05) is 18.0 Å². The average Bonchev–Trinajstić information content (AvgIpc) is 2.57. The number of nitrogens with one attached hydrogen (secondary N) is 1. The number of hydrogen-bond acceptors (Lipinski definition) is 5. The average molecular weight is 362 g/mol. The summed E-state index contributed by atoms with van der Waals surface area (Å²) in [7, 11) is 0. The van der Waals surface area contributed by atoms with Crippen molar-refractivity contribution in [3.8, 4) is 0 Å². The van der Waals surface area contributed by atoms with E-state index in [1.807, 2.05) is 0 Å². The molecule has 2 amide bonds. The largest absolute Gasteiger partial charge is 0.452 e. The fraction of sp³-hybridized carbons (Fsp3) is 0.500. The zero-order valence-corrected chi connectivity index (χ0v) is 15.2. The number of hydrogen-bond donors (Lipinski definition) is 1. The molecule has 0 saturated carbocycles. The highest BCUT2D eigenvalue weighted by atomic mass is 32.2. The van der Waals surface area contributed by atoms with Gasteiger partial charge in [-0.2, -0.15) is 0 Å². The normalized spacial score (nSPS) is 22.8. The Hall–Kier alpha value is -2.02. The summed E-state index contributed by atoms with van der Waals surface area (Å²) in [6.07, 6.45) is 1.11. The number of rotatable bonds is 3. The van der Waals surface area contributed by atoms with E-state index >= 15 is 0 Å². The summed E-state index contributed by atoms with van der Waals surface area (Å²) in [4.78, 5) is 38.6. The van der Waals surface area contributed by atoms with Crippen LogP contribution in [0.4, 0.5) is 5.69 Å². The van der Waals surface area contributed by atoms with Crippen molar-refractivity contribution < 1.29 is 19.1 Å². The minimum absolute atomic E-state index is 0.0912. The Balaban J connectivity index is 1.58. The lowest BCUT2D eigenvalue weighted by molar-refractivity contribution is -0.137. The molecule has 0 spiro atoms. The molecule has 2 aliphatic rings. The minimum atomic E-state index is -0.556. The lowest BCUT2D eigenvalue weighted by Crippen LogP contribution is -2.44. The number of esters is 1. The number of anilines is 1. The van der Waals surface area contributed by atoms with Gasteiger partial charge in [0.2, 0.25) is 5.91 Å². The maximum absolute atomic E-state index is 12.3. The molecule has 2 aliphatic heterocycles. The first-order valence-electron chi connectivity index (χ1n) is 8.44. The van der Waals surface area contributed by atoms with Crippen molar-refractivity contribution in [2.24, 2.45) is 11.8 Å². The van der Waals surface area contributed by atoms with E-state index in [0.717, 1.165) is 11.3 Å². The summed E-state index contributed by atoms with van der Waals surface area (Å²) in [6.45, 7) is 5.42. The summed E-state index contributed by atoms with van der Waals surface area (Å²) in [5, 5.41) is 2.74. The smallest absolute Gasteiger partial charge is 0.338 e. The van der Waals surface area contributed by atoms with Crippen LogP contribution in [0.2, 0.25) is 0 Å². The van der Waals surface area contributed by atoms with Gasteiger partial charge in [0.1, 0.15) is 0 Å². The first-order valence-corrected chi connectivity index (χ1v) is 9.42. The third kappa shape index (κ3) is 4.34. The Labute approximate surface area is 151 Å². The Bertz CT molecular complexity index is 696. The molecule has 0 bridgehead atoms. The second-order valence-electron chi connectivity index (χ2n) is 6.87. The Morgan fingerprint density at radius 3 is 2.72 bits per heavy atom. The summed E-state index contributed by atoms with van der Waals surface area (Å²) >= 11 is 1.43. The van der Waals surface area contributed by atoms with E-state index in [4.69, 9.17) is 4.74 Å². The van der Waals surface area contributed by atoms with E-state index in [1.165, 1.54) is 11.8 Å². The maximum atomic E-state index is 12.3. The molecule has 0 radical (unpaired) electrons. The first-order chi connectivity index (χ1) is 11.9. The Morgan fingerprint density at radius 2 is 2.00 bits per heavy atom. The number of carbonyl (C=O) groups excluding carboxylic acids is 3. The van der Waals surface area contributed by atoms with Crippen molar-refractivity contribution in [3.63, 3.8) is 0 Å². The predicted molar refractivity (Wildman–Crippen MR) is 95.6 cm³/mol. The molecule has 6 nitrogen and oxygen atoms in total. The van der Waals surface area contributed by atoms with Crippen LogP contribution in [0.5, 0.6) is 0 Å². The Kier molecular flexibility index (Phi) is 5.32. The zero-order chi connectivity index (χ0) is 18.0. The highest BCUT2D eigenvalue weighted by Crippen LogP contribution is 2.32. The van der Waals surface area contributed by atoms with Crippen LogP contribution in [-0.4, -0.2) is 48.1 Å². The van der Waals surface area contributed by atoms with E-state index in [-0.39, 0.29) is 18.4 Å². The van der Waals surface area contributed by atoms with E-state index in [2.05, 4.69) is 19.2 Å². The molecule has 1 saturated heterocycles. The highest BCUT2D eigenvalue weighted by Gasteiger charge is 2.26. The Morgan fingerprint density at radius 1 is 1.28 bits per heavy atom. The van der Waals surface area contributed by atoms with Crippen molar-refractivity contribution in [2.75, 3.05) is 30.8 Å². The van der Waals surface area contributed by atoms with Crippen LogP contribution in [0, 0.1) is 11.8 Å². The fourth-order valence-electron chi connectivity index (χ4n) is 3.38. The molecule has 1 aromatic rings. The maximum Gasteiger partial charge on any atom is 0.338 e. The van der Waals surface area contributed by atoms with Gasteiger partial charge in [-0.1, -0.05) is 13.8 Å². The van der Waals surface area contributed by atoms with Gasteiger partial charge in [-0.3, -0.25) is 9.59 Å². The molecular formula is C18H22N2O4S. The molecule has 7 heteroatoms. The summed E-state index contributed by atoms with van der Waals surface area (Å²) in [5.74, 6) is 0.493. The number of piperidine rings is 1. The van der Waals surface area contributed by atoms with Gasteiger partial charge >= 0.3 is 5.97 Å². The number of amides is 2. The van der Waals surface area contributed by atoms with Crippen molar-refractivity contribution in [1.82, 2.24) is 4.90 Å². The molecule has 1 N–H and O–H groups in total. The summed E-state index contributed by atoms with van der Waals surface area (Å²) in [6, 6.07) is 5.03. The van der Waals surface area contributed by atoms with Crippen LogP contribution in [0.3, 0.4) is 0 Å². The van der Waals surface area contributed by atoms with Gasteiger partial charge in [-0.05, 0) is 36.5 Å². The van der Waals surface area contributed by atoms with Gasteiger partial charge in [0.25, 0.3) is 5.91 Å². The standard InChI is InChI=1S/C18H22N2O4S/c1-11-5-12(2)8-20(7-11)17(22)9-24-18(23)13-3-4-15-14(6-13)19-16(21)10-25-15/h3-4,6,11-12H,5,7-10H2,1-2H3,(H,19,21). The van der Waals surface area contributed by atoms with Crippen LogP contribution in [0.25, 0.3) is 0 Å². The number of nitrogens with zero attached hydrogens (tertiary/aromatic N) is 1. The third-order valence-electron chi connectivity index (χ3n) is 4.40. The first kappa shape index (κ1) is 17.8. The van der Waals surface area contributed by atoms with Crippen LogP contribution in [0.1, 0.15) is 30.6 Å². The van der Waals surface area contributed by atoms with Gasteiger partial charge in [-0.15, -0.1) is 11.8 Å². The van der Waals surface area contributed by atoms with Crippen molar-refractivity contribution in [3.05, 3.63) is 23.8 Å². The molecule has 0 aliphatic carbocycles. The quantitative estimate of drug-likeness (QED) is 0.836. The number of ether oxygens (including phenoxy) is 1. The number of thioether (sulfide) groups is 1. The van der Waals surface area contributed by atoms with E-state index in [1.54, 1.807) is 23.1 Å². The predicted octanol–water partition coefficient (Wildman–Crippen LogP) is 2.39. The molecule has 1 aromatic carbocycles. The number of fused-ring (bicyclic) bond motifs is 1. The number of benzene rings is 1. The van der Waals surface area contributed by atoms with Gasteiger partial charge in [0.05, 0.1) is 17.0 Å². The molecule has 1 fully saturated rings. The van der Waals surface area contributed by atoms with Crippen LogP contribution < -0.4 is 5.32 Å². The summed E-state index contributed by atoms with van der Waals surface area (Å²) < 4.78 is 5.18. The molecule has 3 rings (SSSR count). The van der Waals surface area contributed by atoms with E-state index in [9.17, 15) is 14.4 Å². The molecule has 2 unspecified atom stereocenters. The van der Waals surface area contributed by atoms with Gasteiger partial charge < -0.3 is 15.0 Å². The van der Waals surface area contributed by atoms with Gasteiger partial charge in [0.15, 0.2) is 6.61 Å². The second-order valence-corrected chi connectivity index (χ2v) is 7.89. The van der Waals surface area contributed by atoms with Crippen molar-refractivity contribution >= 4 is 35.2 Å². The lowest BCUT2D eigenvalue weighted by atomic mass is 9.92. The molecule has 25 heavy (non-hydrogen) atoms. The molecular weight excluding hydrogens is 340 g/mol. The molecule has 0 aromatic heterocycles. The van der Waals surface area contributed by atoms with E-state index in [0.29, 0.717) is 41.9 Å². The monoisotopic (exact) mass is 362 g/mol. The fourth-order valence-corrected chi connectivity index (χ4v) is 4.17. The second kappa shape index (κ2) is 7.47. The third-order valence-corrected chi connectivity index (χ3v) is 5.47. The van der Waals surface area contributed by atoms with E-state index < -0.39 is 5.97 Å². The molecule has 2 heterocycles. The zero-order valence-electron chi connectivity index (χ0n) is 14.4. The van der Waals surface area contributed by atoms with Crippen LogP contribution >= 0.6 is 11.8 Å². The summed E-state index contributed by atoms with van der Waals surface area (Å²) in [5.41, 5.74) is 0.940. The number of carbonyl (C=O) groups is 3. The van der Waals surface area contributed by atoms with Crippen LogP contribution in [-0.2, 0) is 14.3 Å². The van der Waals surface area contributed by atoms with Gasteiger partial charge in [-0.25, -0.2) is 4.79 Å². The van der Waals surface area contributed by atoms with Crippen molar-refractivity contribution in [1.29, 1.82) is 0 Å².